The van der Waals surface area contributed by atoms with Crippen molar-refractivity contribution in [1.82, 2.24) is 15.1 Å². The molecule has 0 bridgehead atoms. The number of nitrogens with zero attached hydrogens (tertiary/aromatic N) is 2. The first kappa shape index (κ1) is 14.8. The number of rotatable bonds is 7. The number of nitrogens with one attached hydrogen (secondary N) is 1. The molecule has 0 unspecified atom stereocenters. The first-order chi connectivity index (χ1) is 8.59. The van der Waals surface area contributed by atoms with E-state index in [1.54, 1.807) is 7.05 Å². The van der Waals surface area contributed by atoms with Gasteiger partial charge in [-0.3, -0.25) is 4.79 Å². The average molecular weight is 257 g/mol. The van der Waals surface area contributed by atoms with Crippen molar-refractivity contribution < 1.29 is 14.7 Å². The fourth-order valence-corrected chi connectivity index (χ4v) is 2.03. The summed E-state index contributed by atoms with van der Waals surface area (Å²) in [5, 5.41) is 11.3. The van der Waals surface area contributed by atoms with E-state index in [1.807, 2.05) is 0 Å². The monoisotopic (exact) mass is 257 g/mol. The Bertz CT molecular complexity index is 278. The molecule has 104 valence electrons. The van der Waals surface area contributed by atoms with E-state index in [0.29, 0.717) is 19.5 Å². The number of hydrogen-bond acceptors (Lipinski definition) is 3. The number of carbonyl (C=O) groups is 2. The maximum absolute atomic E-state index is 11.6. The summed E-state index contributed by atoms with van der Waals surface area (Å²) < 4.78 is 0. The molecule has 0 aromatic heterocycles. The highest BCUT2D eigenvalue weighted by molar-refractivity contribution is 5.73. The Morgan fingerprint density at radius 1 is 1.33 bits per heavy atom. The van der Waals surface area contributed by atoms with Gasteiger partial charge in [0, 0.05) is 33.1 Å². The molecule has 1 aliphatic heterocycles. The van der Waals surface area contributed by atoms with Gasteiger partial charge in [0.15, 0.2) is 0 Å². The Hall–Kier alpha value is -1.30. The molecule has 0 aromatic carbocycles. The van der Waals surface area contributed by atoms with Crippen molar-refractivity contribution in [1.29, 1.82) is 0 Å². The van der Waals surface area contributed by atoms with E-state index >= 15 is 0 Å². The molecule has 18 heavy (non-hydrogen) atoms. The highest BCUT2D eigenvalue weighted by atomic mass is 16.4. The van der Waals surface area contributed by atoms with Gasteiger partial charge >= 0.3 is 12.0 Å². The highest BCUT2D eigenvalue weighted by Crippen LogP contribution is 2.05. The van der Waals surface area contributed by atoms with Crippen LogP contribution in [0.3, 0.4) is 0 Å². The standard InChI is InChI=1S/C12H23N3O3/c1-14(7-4-5-11(16)17)12(18)13-6-10-15-8-2-3-9-15/h2-10H2,1H3,(H,13,18)(H,16,17). The Labute approximate surface area is 108 Å². The van der Waals surface area contributed by atoms with Crippen LogP contribution in [-0.4, -0.2) is 66.7 Å². The van der Waals surface area contributed by atoms with Gasteiger partial charge in [-0.05, 0) is 32.4 Å². The smallest absolute Gasteiger partial charge is 0.317 e. The minimum atomic E-state index is -0.821. The topological polar surface area (TPSA) is 72.9 Å². The average Bonchev–Trinajstić information content (AvgIpc) is 2.81. The molecular formula is C12H23N3O3. The number of carboxylic acids is 1. The minimum Gasteiger partial charge on any atom is -0.481 e. The maximum atomic E-state index is 11.6. The van der Waals surface area contributed by atoms with Crippen molar-refractivity contribution in [2.75, 3.05) is 39.8 Å². The SMILES string of the molecule is CN(CCCC(=O)O)C(=O)NCCN1CCCC1. The summed E-state index contributed by atoms with van der Waals surface area (Å²) in [6, 6.07) is -0.125. The van der Waals surface area contributed by atoms with E-state index < -0.39 is 5.97 Å². The van der Waals surface area contributed by atoms with E-state index in [2.05, 4.69) is 10.2 Å². The Morgan fingerprint density at radius 3 is 2.61 bits per heavy atom. The lowest BCUT2D eigenvalue weighted by Gasteiger charge is -2.19. The van der Waals surface area contributed by atoms with E-state index in [4.69, 9.17) is 5.11 Å². The lowest BCUT2D eigenvalue weighted by Crippen LogP contribution is -2.41. The van der Waals surface area contributed by atoms with Crippen molar-refractivity contribution in [3.8, 4) is 0 Å². The highest BCUT2D eigenvalue weighted by Gasteiger charge is 2.12. The zero-order valence-electron chi connectivity index (χ0n) is 11.0. The molecule has 1 rings (SSSR count). The largest absolute Gasteiger partial charge is 0.481 e. The Morgan fingerprint density at radius 2 is 2.00 bits per heavy atom. The Balaban J connectivity index is 2.05. The van der Waals surface area contributed by atoms with Crippen molar-refractivity contribution in [3.05, 3.63) is 0 Å². The third-order valence-corrected chi connectivity index (χ3v) is 3.13. The number of likely N-dealkylation sites (tertiary alicyclic amines) is 1. The first-order valence-corrected chi connectivity index (χ1v) is 6.52. The molecule has 6 nitrogen and oxygen atoms in total. The molecule has 1 aliphatic rings. The van der Waals surface area contributed by atoms with Gasteiger partial charge in [-0.2, -0.15) is 0 Å². The third-order valence-electron chi connectivity index (χ3n) is 3.13. The number of carbonyl (C=O) groups excluding carboxylic acids is 1. The van der Waals surface area contributed by atoms with Crippen LogP contribution in [0, 0.1) is 0 Å². The summed E-state index contributed by atoms with van der Waals surface area (Å²) in [6.45, 7) is 4.29. The van der Waals surface area contributed by atoms with Crippen LogP contribution in [0.25, 0.3) is 0 Å². The molecule has 2 N–H and O–H groups in total. The van der Waals surface area contributed by atoms with Crippen LogP contribution < -0.4 is 5.32 Å². The molecule has 0 spiro atoms. The van der Waals surface area contributed by atoms with Gasteiger partial charge in [-0.15, -0.1) is 0 Å². The minimum absolute atomic E-state index is 0.103. The van der Waals surface area contributed by atoms with Crippen molar-refractivity contribution in [3.63, 3.8) is 0 Å². The lowest BCUT2D eigenvalue weighted by atomic mass is 10.3. The summed E-state index contributed by atoms with van der Waals surface area (Å²) in [5.74, 6) is -0.821. The number of amides is 2. The summed E-state index contributed by atoms with van der Waals surface area (Å²) in [6.07, 6.45) is 3.10. The van der Waals surface area contributed by atoms with Gasteiger partial charge in [-0.25, -0.2) is 4.79 Å². The van der Waals surface area contributed by atoms with Crippen LogP contribution in [0.2, 0.25) is 0 Å². The fraction of sp³-hybridized carbons (Fsp3) is 0.833. The molecule has 6 heteroatoms. The molecular weight excluding hydrogens is 234 g/mol. The summed E-state index contributed by atoms with van der Waals surface area (Å²) in [4.78, 5) is 25.9. The predicted octanol–water partition coefficient (Wildman–Crippen LogP) is 0.588. The molecule has 0 aliphatic carbocycles. The number of urea groups is 1. The van der Waals surface area contributed by atoms with Crippen LogP contribution in [0.5, 0.6) is 0 Å². The molecule has 0 atom stereocenters. The van der Waals surface area contributed by atoms with Gasteiger partial charge in [0.2, 0.25) is 0 Å². The van der Waals surface area contributed by atoms with Gasteiger partial charge < -0.3 is 20.2 Å². The zero-order valence-corrected chi connectivity index (χ0v) is 11.0. The van der Waals surface area contributed by atoms with Crippen LogP contribution >= 0.6 is 0 Å². The van der Waals surface area contributed by atoms with Gasteiger partial charge in [0.1, 0.15) is 0 Å². The Kier molecular flexibility index (Phi) is 6.49. The second-order valence-corrected chi connectivity index (χ2v) is 4.70. The summed E-state index contributed by atoms with van der Waals surface area (Å²) in [7, 11) is 1.69. The normalized spacial score (nSPS) is 15.6. The van der Waals surface area contributed by atoms with Crippen LogP contribution in [0.4, 0.5) is 4.79 Å². The summed E-state index contributed by atoms with van der Waals surface area (Å²) in [5.41, 5.74) is 0. The van der Waals surface area contributed by atoms with Gasteiger partial charge in [0.25, 0.3) is 0 Å². The van der Waals surface area contributed by atoms with Crippen molar-refractivity contribution in [2.24, 2.45) is 0 Å². The molecule has 0 aromatic rings. The predicted molar refractivity (Wildman–Crippen MR) is 68.6 cm³/mol. The molecule has 1 saturated heterocycles. The van der Waals surface area contributed by atoms with Gasteiger partial charge in [0.05, 0.1) is 0 Å². The summed E-state index contributed by atoms with van der Waals surface area (Å²) >= 11 is 0. The van der Waals surface area contributed by atoms with E-state index in [-0.39, 0.29) is 12.5 Å². The van der Waals surface area contributed by atoms with E-state index in [9.17, 15) is 9.59 Å². The lowest BCUT2D eigenvalue weighted by molar-refractivity contribution is -0.137. The van der Waals surface area contributed by atoms with Gasteiger partial charge in [-0.1, -0.05) is 0 Å². The van der Waals surface area contributed by atoms with Crippen molar-refractivity contribution in [2.45, 2.75) is 25.7 Å². The molecule has 1 fully saturated rings. The quantitative estimate of drug-likeness (QED) is 0.700. The molecule has 1 heterocycles. The molecule has 0 radical (unpaired) electrons. The van der Waals surface area contributed by atoms with Crippen LogP contribution in [0.1, 0.15) is 25.7 Å². The van der Waals surface area contributed by atoms with E-state index in [1.165, 1.54) is 17.7 Å². The second-order valence-electron chi connectivity index (χ2n) is 4.70. The van der Waals surface area contributed by atoms with Crippen LogP contribution in [0.15, 0.2) is 0 Å². The number of aliphatic carboxylic acids is 1. The maximum Gasteiger partial charge on any atom is 0.317 e. The van der Waals surface area contributed by atoms with Crippen molar-refractivity contribution >= 4 is 12.0 Å². The zero-order chi connectivity index (χ0) is 13.4. The molecule has 2 amide bonds. The molecule has 0 saturated carbocycles. The second kappa shape index (κ2) is 7.92. The van der Waals surface area contributed by atoms with Crippen LogP contribution in [-0.2, 0) is 4.79 Å². The third kappa shape index (κ3) is 5.86. The van der Waals surface area contributed by atoms with E-state index in [0.717, 1.165) is 19.6 Å². The first-order valence-electron chi connectivity index (χ1n) is 6.52. The number of hydrogen-bond donors (Lipinski definition) is 2. The number of carboxylic acid groups (broad SMARTS) is 1. The fourth-order valence-electron chi connectivity index (χ4n) is 2.03.